The molecule has 25 heavy (non-hydrogen) atoms. The molecule has 2 heterocycles. The number of aromatic nitrogens is 1. The van der Waals surface area contributed by atoms with Gasteiger partial charge in [0.2, 0.25) is 5.91 Å². The monoisotopic (exact) mass is 342 g/mol. The van der Waals surface area contributed by atoms with Crippen LogP contribution in [0.25, 0.3) is 10.9 Å². The van der Waals surface area contributed by atoms with Gasteiger partial charge in [-0.2, -0.15) is 0 Å². The van der Waals surface area contributed by atoms with Crippen LogP contribution in [0.1, 0.15) is 20.3 Å². The first-order valence-electron chi connectivity index (χ1n) is 8.43. The van der Waals surface area contributed by atoms with Crippen molar-refractivity contribution in [3.63, 3.8) is 0 Å². The molecule has 132 valence electrons. The lowest BCUT2D eigenvalue weighted by atomic mass is 10.1. The van der Waals surface area contributed by atoms with E-state index in [9.17, 15) is 14.9 Å². The summed E-state index contributed by atoms with van der Waals surface area (Å²) in [6.45, 7) is 5.41. The van der Waals surface area contributed by atoms with Gasteiger partial charge in [0.25, 0.3) is 5.69 Å². The Bertz CT molecular complexity index is 821. The number of rotatable bonds is 4. The highest BCUT2D eigenvalue weighted by Crippen LogP contribution is 2.26. The van der Waals surface area contributed by atoms with Crippen LogP contribution in [0.15, 0.2) is 30.3 Å². The van der Waals surface area contributed by atoms with Gasteiger partial charge in [-0.25, -0.2) is 4.98 Å². The zero-order valence-electron chi connectivity index (χ0n) is 14.7. The highest BCUT2D eigenvalue weighted by Gasteiger charge is 2.30. The number of likely N-dealkylation sites (N-methyl/N-ethyl adjacent to an activating group) is 1. The third-order valence-electron chi connectivity index (χ3n) is 4.75. The first-order chi connectivity index (χ1) is 11.9. The molecule has 1 amide bonds. The van der Waals surface area contributed by atoms with Gasteiger partial charge in [-0.05, 0) is 24.6 Å². The molecule has 0 spiro atoms. The van der Waals surface area contributed by atoms with Gasteiger partial charge in [-0.15, -0.1) is 0 Å². The normalized spacial score (nSPS) is 17.3. The fourth-order valence-electron chi connectivity index (χ4n) is 3.25. The van der Waals surface area contributed by atoms with Crippen LogP contribution in [0, 0.1) is 16.0 Å². The molecule has 1 atom stereocenters. The molecule has 1 aliphatic rings. The molecule has 0 N–H and O–H groups in total. The fourth-order valence-corrected chi connectivity index (χ4v) is 3.25. The number of carbonyl (C=O) groups excluding carboxylic acids is 1. The number of amides is 1. The SMILES string of the molecule is CC(C)C(=O)N(C)C1CCN(c2ccc3cc([N+](=O)[O-])ccc3n2)C1. The minimum absolute atomic E-state index is 0.00589. The molecule has 1 aromatic carbocycles. The molecule has 7 nitrogen and oxygen atoms in total. The number of nitro groups is 1. The molecule has 1 unspecified atom stereocenters. The molecule has 1 aromatic heterocycles. The van der Waals surface area contributed by atoms with Crippen molar-refractivity contribution in [1.82, 2.24) is 9.88 Å². The van der Waals surface area contributed by atoms with E-state index in [2.05, 4.69) is 9.88 Å². The molecular formula is C18H22N4O3. The van der Waals surface area contributed by atoms with E-state index in [1.54, 1.807) is 6.07 Å². The minimum atomic E-state index is -0.403. The smallest absolute Gasteiger partial charge is 0.270 e. The number of anilines is 1. The summed E-state index contributed by atoms with van der Waals surface area (Å²) in [6, 6.07) is 8.62. The van der Waals surface area contributed by atoms with E-state index in [4.69, 9.17) is 0 Å². The number of fused-ring (bicyclic) bond motifs is 1. The van der Waals surface area contributed by atoms with E-state index < -0.39 is 4.92 Å². The molecule has 7 heteroatoms. The standard InChI is InChI=1S/C18H22N4O3/c1-12(2)18(23)20(3)15-8-9-21(11-15)17-7-4-13-10-14(22(24)25)5-6-16(13)19-17/h4-7,10,12,15H,8-9,11H2,1-3H3. The van der Waals surface area contributed by atoms with E-state index in [0.29, 0.717) is 0 Å². The zero-order valence-corrected chi connectivity index (χ0v) is 14.7. The zero-order chi connectivity index (χ0) is 18.1. The number of carbonyl (C=O) groups is 1. The van der Waals surface area contributed by atoms with Crippen LogP contribution >= 0.6 is 0 Å². The van der Waals surface area contributed by atoms with Crippen molar-refractivity contribution in [1.29, 1.82) is 0 Å². The summed E-state index contributed by atoms with van der Waals surface area (Å²) in [5.74, 6) is 0.994. The van der Waals surface area contributed by atoms with Crippen LogP contribution in [0.5, 0.6) is 0 Å². The number of hydrogen-bond donors (Lipinski definition) is 0. The average molecular weight is 342 g/mol. The molecule has 0 aliphatic carbocycles. The van der Waals surface area contributed by atoms with Crippen molar-refractivity contribution >= 4 is 28.3 Å². The number of non-ortho nitro benzene ring substituents is 1. The Hall–Kier alpha value is -2.70. The lowest BCUT2D eigenvalue weighted by molar-refractivity contribution is -0.384. The molecule has 1 fully saturated rings. The second kappa shape index (κ2) is 6.66. The van der Waals surface area contributed by atoms with E-state index in [1.165, 1.54) is 12.1 Å². The van der Waals surface area contributed by atoms with Gasteiger partial charge >= 0.3 is 0 Å². The maximum Gasteiger partial charge on any atom is 0.270 e. The van der Waals surface area contributed by atoms with Crippen LogP contribution in [0.4, 0.5) is 11.5 Å². The predicted octanol–water partition coefficient (Wildman–Crippen LogP) is 2.84. The number of pyridine rings is 1. The minimum Gasteiger partial charge on any atom is -0.354 e. The summed E-state index contributed by atoms with van der Waals surface area (Å²) in [6.07, 6.45) is 0.912. The van der Waals surface area contributed by atoms with Gasteiger partial charge in [-0.1, -0.05) is 13.8 Å². The Morgan fingerprint density at radius 3 is 2.80 bits per heavy atom. The quantitative estimate of drug-likeness (QED) is 0.630. The molecular weight excluding hydrogens is 320 g/mol. The average Bonchev–Trinajstić information content (AvgIpc) is 3.09. The van der Waals surface area contributed by atoms with Gasteiger partial charge in [-0.3, -0.25) is 14.9 Å². The van der Waals surface area contributed by atoms with Crippen molar-refractivity contribution in [3.05, 3.63) is 40.4 Å². The highest BCUT2D eigenvalue weighted by molar-refractivity contribution is 5.82. The first-order valence-corrected chi connectivity index (χ1v) is 8.43. The number of hydrogen-bond acceptors (Lipinski definition) is 5. The number of nitro benzene ring substituents is 1. The predicted molar refractivity (Wildman–Crippen MR) is 96.6 cm³/mol. The lowest BCUT2D eigenvalue weighted by Gasteiger charge is -2.26. The van der Waals surface area contributed by atoms with Gasteiger partial charge < -0.3 is 9.80 Å². The highest BCUT2D eigenvalue weighted by atomic mass is 16.6. The number of benzene rings is 1. The van der Waals surface area contributed by atoms with Gasteiger partial charge in [0.05, 0.1) is 16.5 Å². The Labute approximate surface area is 146 Å². The summed E-state index contributed by atoms with van der Waals surface area (Å²) >= 11 is 0. The third-order valence-corrected chi connectivity index (χ3v) is 4.75. The second-order valence-corrected chi connectivity index (χ2v) is 6.80. The van der Waals surface area contributed by atoms with Crippen LogP contribution in [-0.2, 0) is 4.79 Å². The first kappa shape index (κ1) is 17.1. The van der Waals surface area contributed by atoms with E-state index in [-0.39, 0.29) is 23.6 Å². The summed E-state index contributed by atoms with van der Waals surface area (Å²) in [5.41, 5.74) is 0.801. The fraction of sp³-hybridized carbons (Fsp3) is 0.444. The summed E-state index contributed by atoms with van der Waals surface area (Å²) in [5, 5.41) is 11.6. The van der Waals surface area contributed by atoms with Crippen molar-refractivity contribution in [2.24, 2.45) is 5.92 Å². The van der Waals surface area contributed by atoms with Crippen LogP contribution in [0.3, 0.4) is 0 Å². The van der Waals surface area contributed by atoms with Crippen LogP contribution in [-0.4, -0.2) is 46.9 Å². The molecule has 1 saturated heterocycles. The summed E-state index contributed by atoms with van der Waals surface area (Å²) in [7, 11) is 1.86. The molecule has 3 rings (SSSR count). The van der Waals surface area contributed by atoms with Gasteiger partial charge in [0.1, 0.15) is 5.82 Å². The maximum absolute atomic E-state index is 12.2. The number of nitrogens with zero attached hydrogens (tertiary/aromatic N) is 4. The second-order valence-electron chi connectivity index (χ2n) is 6.80. The molecule has 1 aliphatic heterocycles. The summed E-state index contributed by atoms with van der Waals surface area (Å²) < 4.78 is 0. The van der Waals surface area contributed by atoms with Gasteiger partial charge in [0.15, 0.2) is 0 Å². The van der Waals surface area contributed by atoms with E-state index in [1.807, 2.05) is 37.9 Å². The largest absolute Gasteiger partial charge is 0.354 e. The third kappa shape index (κ3) is 3.40. The molecule has 0 bridgehead atoms. The Balaban J connectivity index is 1.78. The van der Waals surface area contributed by atoms with Crippen molar-refractivity contribution in [3.8, 4) is 0 Å². The Morgan fingerprint density at radius 1 is 1.36 bits per heavy atom. The van der Waals surface area contributed by atoms with E-state index in [0.717, 1.165) is 36.2 Å². The lowest BCUT2D eigenvalue weighted by Crippen LogP contribution is -2.41. The Kier molecular flexibility index (Phi) is 4.57. The van der Waals surface area contributed by atoms with E-state index >= 15 is 0 Å². The van der Waals surface area contributed by atoms with Gasteiger partial charge in [0, 0.05) is 43.6 Å². The Morgan fingerprint density at radius 2 is 2.12 bits per heavy atom. The topological polar surface area (TPSA) is 79.6 Å². The molecule has 0 saturated carbocycles. The van der Waals surface area contributed by atoms with Crippen molar-refractivity contribution in [2.75, 3.05) is 25.0 Å². The summed E-state index contributed by atoms with van der Waals surface area (Å²) in [4.78, 5) is 31.3. The van der Waals surface area contributed by atoms with Crippen molar-refractivity contribution in [2.45, 2.75) is 26.3 Å². The van der Waals surface area contributed by atoms with Crippen molar-refractivity contribution < 1.29 is 9.72 Å². The van der Waals surface area contributed by atoms with Crippen LogP contribution in [0.2, 0.25) is 0 Å². The van der Waals surface area contributed by atoms with Crippen LogP contribution < -0.4 is 4.90 Å². The maximum atomic E-state index is 12.2. The molecule has 0 radical (unpaired) electrons. The molecule has 2 aromatic rings.